The summed E-state index contributed by atoms with van der Waals surface area (Å²) in [5.41, 5.74) is 0. The molecule has 0 aliphatic heterocycles. The second-order valence-electron chi connectivity index (χ2n) is 3.19. The van der Waals surface area contributed by atoms with Gasteiger partial charge in [0.15, 0.2) is 6.29 Å². The molecule has 0 aliphatic rings. The van der Waals surface area contributed by atoms with E-state index in [4.69, 9.17) is 9.47 Å². The number of hydrogen-bond donors (Lipinski definition) is 0. The van der Waals surface area contributed by atoms with Crippen LogP contribution in [-0.2, 0) is 31.2 Å². The van der Waals surface area contributed by atoms with E-state index in [0.29, 0.717) is 0 Å². The van der Waals surface area contributed by atoms with Crippen LogP contribution in [0.3, 0.4) is 0 Å². The molecule has 0 aromatic rings. The number of ether oxygens (including phenoxy) is 2. The van der Waals surface area contributed by atoms with Crippen LogP contribution < -0.4 is 0 Å². The Morgan fingerprint density at radius 1 is 0.857 bits per heavy atom. The first-order valence-electron chi connectivity index (χ1n) is 5.58. The van der Waals surface area contributed by atoms with Crippen molar-refractivity contribution in [3.63, 3.8) is 0 Å². The maximum Gasteiger partial charge on any atom is 0.157 e. The smallest absolute Gasteiger partial charge is 0.157 e. The standard InChI is InChI=1S/C11H24O2.Ti/c1-4-7-8-9-10-11(12-5-2)13-6-3;/h11H,4-10H2,1-3H3;. The molecule has 0 heterocycles. The first-order valence-corrected chi connectivity index (χ1v) is 5.58. The molecule has 14 heavy (non-hydrogen) atoms. The van der Waals surface area contributed by atoms with E-state index in [1.165, 1.54) is 25.7 Å². The fourth-order valence-corrected chi connectivity index (χ4v) is 1.32. The summed E-state index contributed by atoms with van der Waals surface area (Å²) in [5.74, 6) is 0. The third-order valence-electron chi connectivity index (χ3n) is 2.00. The number of rotatable bonds is 9. The molecule has 0 fully saturated rings. The summed E-state index contributed by atoms with van der Waals surface area (Å²) in [6, 6.07) is 0. The fourth-order valence-electron chi connectivity index (χ4n) is 1.32. The van der Waals surface area contributed by atoms with Gasteiger partial charge in [0.05, 0.1) is 0 Å². The van der Waals surface area contributed by atoms with Crippen LogP contribution in [0.2, 0.25) is 0 Å². The van der Waals surface area contributed by atoms with Gasteiger partial charge >= 0.3 is 0 Å². The second kappa shape index (κ2) is 13.6. The van der Waals surface area contributed by atoms with Crippen molar-refractivity contribution in [1.82, 2.24) is 0 Å². The van der Waals surface area contributed by atoms with Crippen LogP contribution in [0.25, 0.3) is 0 Å². The van der Waals surface area contributed by atoms with E-state index in [2.05, 4.69) is 6.92 Å². The maximum atomic E-state index is 5.44. The molecule has 0 aromatic heterocycles. The van der Waals surface area contributed by atoms with E-state index in [1.54, 1.807) is 0 Å². The quantitative estimate of drug-likeness (QED) is 0.347. The number of unbranched alkanes of at least 4 members (excludes halogenated alkanes) is 3. The maximum absolute atomic E-state index is 5.44. The largest absolute Gasteiger partial charge is 0.353 e. The minimum Gasteiger partial charge on any atom is -0.353 e. The summed E-state index contributed by atoms with van der Waals surface area (Å²) in [6.45, 7) is 7.75. The Labute approximate surface area is 104 Å². The number of hydrogen-bond acceptors (Lipinski definition) is 2. The van der Waals surface area contributed by atoms with Crippen LogP contribution in [0.15, 0.2) is 0 Å². The van der Waals surface area contributed by atoms with Gasteiger partial charge in [-0.15, -0.1) is 0 Å². The summed E-state index contributed by atoms with van der Waals surface area (Å²) >= 11 is 0. The Morgan fingerprint density at radius 2 is 1.43 bits per heavy atom. The van der Waals surface area contributed by atoms with Gasteiger partial charge in [-0.1, -0.05) is 26.2 Å². The molecule has 0 N–H and O–H groups in total. The molecule has 0 aromatic carbocycles. The van der Waals surface area contributed by atoms with E-state index >= 15 is 0 Å². The van der Waals surface area contributed by atoms with Crippen LogP contribution in [0.1, 0.15) is 52.9 Å². The molecule has 0 amide bonds. The minimum absolute atomic E-state index is 0. The van der Waals surface area contributed by atoms with E-state index in [9.17, 15) is 0 Å². The molecule has 0 bridgehead atoms. The molecule has 0 aliphatic carbocycles. The summed E-state index contributed by atoms with van der Waals surface area (Å²) in [4.78, 5) is 0. The van der Waals surface area contributed by atoms with E-state index in [1.807, 2.05) is 13.8 Å². The van der Waals surface area contributed by atoms with Crippen LogP contribution in [0.4, 0.5) is 0 Å². The van der Waals surface area contributed by atoms with Crippen molar-refractivity contribution in [2.45, 2.75) is 59.2 Å². The van der Waals surface area contributed by atoms with Crippen LogP contribution >= 0.6 is 0 Å². The summed E-state index contributed by atoms with van der Waals surface area (Å²) in [6.07, 6.45) is 6.21. The Kier molecular flexibility index (Phi) is 16.6. The molecule has 84 valence electrons. The predicted octanol–water partition coefficient (Wildman–Crippen LogP) is 3.35. The molecule has 3 heteroatoms. The predicted molar refractivity (Wildman–Crippen MR) is 55.8 cm³/mol. The zero-order valence-electron chi connectivity index (χ0n) is 9.84. The van der Waals surface area contributed by atoms with E-state index in [-0.39, 0.29) is 28.0 Å². The molecular weight excluding hydrogens is 212 g/mol. The van der Waals surface area contributed by atoms with Crippen molar-refractivity contribution in [1.29, 1.82) is 0 Å². The van der Waals surface area contributed by atoms with Crippen molar-refractivity contribution >= 4 is 0 Å². The minimum atomic E-state index is 0. The molecule has 0 saturated carbocycles. The van der Waals surface area contributed by atoms with E-state index in [0.717, 1.165) is 19.6 Å². The first kappa shape index (κ1) is 17.0. The molecule has 0 radical (unpaired) electrons. The van der Waals surface area contributed by atoms with Gasteiger partial charge in [0, 0.05) is 34.9 Å². The Bertz CT molecular complexity index is 93.3. The molecule has 0 spiro atoms. The summed E-state index contributed by atoms with van der Waals surface area (Å²) in [7, 11) is 0. The van der Waals surface area contributed by atoms with E-state index < -0.39 is 0 Å². The Morgan fingerprint density at radius 3 is 1.86 bits per heavy atom. The van der Waals surface area contributed by atoms with Crippen molar-refractivity contribution in [3.8, 4) is 0 Å². The van der Waals surface area contributed by atoms with Crippen LogP contribution in [0.5, 0.6) is 0 Å². The van der Waals surface area contributed by atoms with Crippen LogP contribution in [0, 0.1) is 0 Å². The molecule has 2 nitrogen and oxygen atoms in total. The summed E-state index contributed by atoms with van der Waals surface area (Å²) < 4.78 is 10.9. The molecule has 0 rings (SSSR count). The molecule has 0 unspecified atom stereocenters. The zero-order chi connectivity index (χ0) is 9.94. The van der Waals surface area contributed by atoms with Crippen molar-refractivity contribution < 1.29 is 31.2 Å². The van der Waals surface area contributed by atoms with Crippen molar-refractivity contribution in [2.75, 3.05) is 13.2 Å². The van der Waals surface area contributed by atoms with Crippen molar-refractivity contribution in [2.24, 2.45) is 0 Å². The Hall–Kier alpha value is 0.634. The van der Waals surface area contributed by atoms with Gasteiger partial charge in [-0.3, -0.25) is 0 Å². The van der Waals surface area contributed by atoms with Gasteiger partial charge in [0.25, 0.3) is 0 Å². The Balaban J connectivity index is 0. The average molecular weight is 236 g/mol. The third-order valence-corrected chi connectivity index (χ3v) is 2.00. The fraction of sp³-hybridized carbons (Fsp3) is 1.00. The van der Waals surface area contributed by atoms with Gasteiger partial charge in [0.1, 0.15) is 0 Å². The van der Waals surface area contributed by atoms with Gasteiger partial charge in [0.2, 0.25) is 0 Å². The molecule has 0 atom stereocenters. The zero-order valence-corrected chi connectivity index (χ0v) is 11.4. The van der Waals surface area contributed by atoms with Gasteiger partial charge in [-0.05, 0) is 26.7 Å². The van der Waals surface area contributed by atoms with Gasteiger partial charge in [-0.25, -0.2) is 0 Å². The topological polar surface area (TPSA) is 18.5 Å². The first-order chi connectivity index (χ1) is 6.35. The molecular formula is C11H24O2Ti. The summed E-state index contributed by atoms with van der Waals surface area (Å²) in [5, 5.41) is 0. The average Bonchev–Trinajstić information content (AvgIpc) is 2.13. The normalized spacial score (nSPS) is 10.3. The second-order valence-corrected chi connectivity index (χ2v) is 3.19. The van der Waals surface area contributed by atoms with Crippen LogP contribution in [-0.4, -0.2) is 19.5 Å². The van der Waals surface area contributed by atoms with Crippen molar-refractivity contribution in [3.05, 3.63) is 0 Å². The monoisotopic (exact) mass is 236 g/mol. The third kappa shape index (κ3) is 10.7. The van der Waals surface area contributed by atoms with Gasteiger partial charge < -0.3 is 9.47 Å². The molecule has 0 saturated heterocycles. The SMILES string of the molecule is CCCCCCC(OCC)OCC.[Ti]. The van der Waals surface area contributed by atoms with Gasteiger partial charge in [-0.2, -0.15) is 0 Å².